The van der Waals surface area contributed by atoms with Crippen molar-refractivity contribution in [1.82, 2.24) is 10.2 Å². The molecule has 2 nitrogen and oxygen atoms in total. The van der Waals surface area contributed by atoms with E-state index in [4.69, 9.17) is 0 Å². The molecule has 1 aromatic carbocycles. The van der Waals surface area contributed by atoms with Crippen molar-refractivity contribution in [2.24, 2.45) is 0 Å². The van der Waals surface area contributed by atoms with Crippen LogP contribution in [0, 0.1) is 0 Å². The lowest BCUT2D eigenvalue weighted by molar-refractivity contribution is 0.183. The van der Waals surface area contributed by atoms with Gasteiger partial charge in [0, 0.05) is 22.6 Å². The monoisotopic (exact) mass is 312 g/mol. The molecule has 0 spiro atoms. The Kier molecular flexibility index (Phi) is 5.83. The third-order valence-corrected chi connectivity index (χ3v) is 4.14. The molecule has 0 aliphatic heterocycles. The highest BCUT2D eigenvalue weighted by molar-refractivity contribution is 9.10. The third-order valence-electron chi connectivity index (χ3n) is 3.65. The van der Waals surface area contributed by atoms with Gasteiger partial charge in [0.1, 0.15) is 0 Å². The molecule has 0 aromatic heterocycles. The Morgan fingerprint density at radius 3 is 2.50 bits per heavy atom. The van der Waals surface area contributed by atoms with Gasteiger partial charge in [-0.15, -0.1) is 0 Å². The Balaban J connectivity index is 2.69. The van der Waals surface area contributed by atoms with Gasteiger partial charge < -0.3 is 10.2 Å². The molecule has 1 rings (SSSR count). The van der Waals surface area contributed by atoms with E-state index in [9.17, 15) is 0 Å². The van der Waals surface area contributed by atoms with Crippen molar-refractivity contribution in [3.05, 3.63) is 34.3 Å². The first-order valence-electron chi connectivity index (χ1n) is 6.53. The highest BCUT2D eigenvalue weighted by Gasteiger charge is 2.21. The van der Waals surface area contributed by atoms with E-state index >= 15 is 0 Å². The summed E-state index contributed by atoms with van der Waals surface area (Å²) in [7, 11) is 4.25. The van der Waals surface area contributed by atoms with Crippen LogP contribution in [0.2, 0.25) is 0 Å². The Morgan fingerprint density at radius 1 is 1.33 bits per heavy atom. The molecule has 0 fully saturated rings. The first kappa shape index (κ1) is 15.7. The number of benzene rings is 1. The molecular weight excluding hydrogens is 288 g/mol. The molecule has 18 heavy (non-hydrogen) atoms. The number of rotatable bonds is 6. The number of nitrogens with one attached hydrogen (secondary N) is 1. The fourth-order valence-electron chi connectivity index (χ4n) is 1.75. The lowest BCUT2D eigenvalue weighted by Gasteiger charge is -2.34. The van der Waals surface area contributed by atoms with E-state index in [2.05, 4.69) is 85.3 Å². The second-order valence-corrected chi connectivity index (χ2v) is 6.52. The predicted octanol–water partition coefficient (Wildman–Crippen LogP) is 3.83. The predicted molar refractivity (Wildman–Crippen MR) is 82.9 cm³/mol. The molecule has 0 bridgehead atoms. The minimum absolute atomic E-state index is 0.166. The van der Waals surface area contributed by atoms with E-state index in [-0.39, 0.29) is 5.54 Å². The Bertz CT molecular complexity index is 375. The van der Waals surface area contributed by atoms with Crippen molar-refractivity contribution in [3.63, 3.8) is 0 Å². The summed E-state index contributed by atoms with van der Waals surface area (Å²) < 4.78 is 1.15. The summed E-state index contributed by atoms with van der Waals surface area (Å²) in [5.41, 5.74) is 1.51. The van der Waals surface area contributed by atoms with E-state index < -0.39 is 0 Å². The molecule has 0 radical (unpaired) electrons. The van der Waals surface area contributed by atoms with Gasteiger partial charge in [-0.25, -0.2) is 0 Å². The third kappa shape index (κ3) is 4.38. The number of hydrogen-bond acceptors (Lipinski definition) is 2. The van der Waals surface area contributed by atoms with E-state index in [1.54, 1.807) is 0 Å². The van der Waals surface area contributed by atoms with Crippen LogP contribution in [-0.2, 0) is 0 Å². The maximum Gasteiger partial charge on any atom is 0.0318 e. The average Bonchev–Trinajstić information content (AvgIpc) is 2.29. The zero-order chi connectivity index (χ0) is 13.8. The minimum Gasteiger partial charge on any atom is -0.308 e. The van der Waals surface area contributed by atoms with Gasteiger partial charge >= 0.3 is 0 Å². The van der Waals surface area contributed by atoms with Crippen molar-refractivity contribution in [1.29, 1.82) is 0 Å². The average molecular weight is 313 g/mol. The summed E-state index contributed by atoms with van der Waals surface area (Å²) in [5, 5.41) is 3.67. The van der Waals surface area contributed by atoms with Crippen LogP contribution in [0.15, 0.2) is 28.7 Å². The van der Waals surface area contributed by atoms with Gasteiger partial charge in [-0.2, -0.15) is 0 Å². The van der Waals surface area contributed by atoms with E-state index in [0.717, 1.165) is 17.4 Å². The van der Waals surface area contributed by atoms with Gasteiger partial charge in [-0.1, -0.05) is 35.0 Å². The minimum atomic E-state index is 0.166. The Hall–Kier alpha value is -0.380. The zero-order valence-electron chi connectivity index (χ0n) is 12.1. The molecule has 1 atom stereocenters. The van der Waals surface area contributed by atoms with Crippen molar-refractivity contribution in [2.75, 3.05) is 20.6 Å². The SMILES string of the molecule is CCC(NCC(C)(C)N(C)C)c1cccc(Br)c1. The molecule has 0 aliphatic rings. The van der Waals surface area contributed by atoms with Gasteiger partial charge in [0.25, 0.3) is 0 Å². The van der Waals surface area contributed by atoms with Gasteiger partial charge in [0.05, 0.1) is 0 Å². The molecule has 0 amide bonds. The van der Waals surface area contributed by atoms with Crippen LogP contribution in [0.4, 0.5) is 0 Å². The second-order valence-electron chi connectivity index (χ2n) is 5.60. The summed E-state index contributed by atoms with van der Waals surface area (Å²) in [5.74, 6) is 0. The first-order valence-corrected chi connectivity index (χ1v) is 7.32. The Labute approximate surface area is 120 Å². The van der Waals surface area contributed by atoms with Gasteiger partial charge in [-0.05, 0) is 52.1 Å². The molecule has 0 heterocycles. The Morgan fingerprint density at radius 2 is 2.00 bits per heavy atom. The molecular formula is C15H25BrN2. The van der Waals surface area contributed by atoms with Crippen molar-refractivity contribution >= 4 is 15.9 Å². The summed E-state index contributed by atoms with van der Waals surface area (Å²) in [6.07, 6.45) is 1.10. The summed E-state index contributed by atoms with van der Waals surface area (Å²) in [6.45, 7) is 7.72. The van der Waals surface area contributed by atoms with Crippen LogP contribution in [0.1, 0.15) is 38.8 Å². The first-order chi connectivity index (χ1) is 8.36. The second kappa shape index (κ2) is 6.69. The van der Waals surface area contributed by atoms with Gasteiger partial charge in [0.15, 0.2) is 0 Å². The molecule has 3 heteroatoms. The molecule has 1 N–H and O–H groups in total. The van der Waals surface area contributed by atoms with Crippen LogP contribution < -0.4 is 5.32 Å². The van der Waals surface area contributed by atoms with Crippen LogP contribution in [0.3, 0.4) is 0 Å². The van der Waals surface area contributed by atoms with Crippen LogP contribution in [0.5, 0.6) is 0 Å². The molecule has 0 saturated heterocycles. The van der Waals surface area contributed by atoms with Crippen LogP contribution >= 0.6 is 15.9 Å². The fourth-order valence-corrected chi connectivity index (χ4v) is 2.17. The van der Waals surface area contributed by atoms with Gasteiger partial charge in [0.2, 0.25) is 0 Å². The standard InChI is InChI=1S/C15H25BrN2/c1-6-14(12-8-7-9-13(16)10-12)17-11-15(2,3)18(4)5/h7-10,14,17H,6,11H2,1-5H3. The zero-order valence-corrected chi connectivity index (χ0v) is 13.7. The van der Waals surface area contributed by atoms with Crippen molar-refractivity contribution in [2.45, 2.75) is 38.8 Å². The number of hydrogen-bond donors (Lipinski definition) is 1. The summed E-state index contributed by atoms with van der Waals surface area (Å²) in [6, 6.07) is 8.97. The lowest BCUT2D eigenvalue weighted by atomic mass is 10.0. The van der Waals surface area contributed by atoms with Crippen LogP contribution in [-0.4, -0.2) is 31.1 Å². The summed E-state index contributed by atoms with van der Waals surface area (Å²) >= 11 is 3.54. The topological polar surface area (TPSA) is 15.3 Å². The van der Waals surface area contributed by atoms with Gasteiger partial charge in [-0.3, -0.25) is 0 Å². The summed E-state index contributed by atoms with van der Waals surface area (Å²) in [4.78, 5) is 2.26. The van der Waals surface area contributed by atoms with Crippen molar-refractivity contribution < 1.29 is 0 Å². The molecule has 1 unspecified atom stereocenters. The van der Waals surface area contributed by atoms with E-state index in [0.29, 0.717) is 6.04 Å². The molecule has 0 aliphatic carbocycles. The lowest BCUT2D eigenvalue weighted by Crippen LogP contribution is -2.47. The highest BCUT2D eigenvalue weighted by atomic mass is 79.9. The molecule has 1 aromatic rings. The van der Waals surface area contributed by atoms with E-state index in [1.165, 1.54) is 5.56 Å². The molecule has 0 saturated carbocycles. The normalized spacial score (nSPS) is 13.9. The molecule has 102 valence electrons. The largest absolute Gasteiger partial charge is 0.308 e. The van der Waals surface area contributed by atoms with E-state index in [1.807, 2.05) is 0 Å². The fraction of sp³-hybridized carbons (Fsp3) is 0.600. The number of nitrogens with zero attached hydrogens (tertiary/aromatic N) is 1. The van der Waals surface area contributed by atoms with Crippen molar-refractivity contribution in [3.8, 4) is 0 Å². The maximum atomic E-state index is 3.67. The smallest absolute Gasteiger partial charge is 0.0318 e. The number of likely N-dealkylation sites (N-methyl/N-ethyl adjacent to an activating group) is 1. The quantitative estimate of drug-likeness (QED) is 0.858. The number of halogens is 1. The maximum absolute atomic E-state index is 3.67. The highest BCUT2D eigenvalue weighted by Crippen LogP contribution is 2.21. The van der Waals surface area contributed by atoms with Crippen LogP contribution in [0.25, 0.3) is 0 Å².